The zero-order chi connectivity index (χ0) is 14.3. The van der Waals surface area contributed by atoms with Crippen molar-refractivity contribution < 1.29 is 19.6 Å². The number of rotatable bonds is 5. The number of carbonyl (C=O) groups excluding carboxylic acids is 2. The number of hydrogen-bond acceptors (Lipinski definition) is 3. The van der Waals surface area contributed by atoms with Crippen LogP contribution in [-0.4, -0.2) is 25.2 Å². The monoisotopic (exact) mass is 285 g/mol. The Hall–Kier alpha value is -1.59. The molecule has 0 heterocycles. The number of nitrogens with two attached hydrogens (primary N) is 1. The van der Waals surface area contributed by atoms with Crippen LogP contribution >= 0.6 is 11.6 Å². The van der Waals surface area contributed by atoms with Gasteiger partial charge in [0.2, 0.25) is 0 Å². The summed E-state index contributed by atoms with van der Waals surface area (Å²) in [7, 11) is 0. The summed E-state index contributed by atoms with van der Waals surface area (Å²) in [6, 6.07) is 7.49. The molecule has 0 aliphatic rings. The number of hydrogen-bond donors (Lipinski definition) is 2. The zero-order valence-corrected chi connectivity index (χ0v) is 11.7. The van der Waals surface area contributed by atoms with Gasteiger partial charge in [-0.05, 0) is 19.9 Å². The van der Waals surface area contributed by atoms with Crippen molar-refractivity contribution in [1.29, 1.82) is 0 Å². The second-order valence-electron chi connectivity index (χ2n) is 4.02. The van der Waals surface area contributed by atoms with Crippen molar-refractivity contribution in [2.24, 2.45) is 0 Å². The van der Waals surface area contributed by atoms with Crippen molar-refractivity contribution in [3.05, 3.63) is 34.9 Å². The smallest absolute Gasteiger partial charge is 0.414 e. The second-order valence-corrected chi connectivity index (χ2v) is 4.43. The number of nitrogens with one attached hydrogen (secondary N) is 1. The Morgan fingerprint density at radius 3 is 2.74 bits per heavy atom. The van der Waals surface area contributed by atoms with E-state index in [0.717, 1.165) is 5.56 Å². The number of benzene rings is 1. The summed E-state index contributed by atoms with van der Waals surface area (Å²) in [5, 5.41) is 4.60. The summed E-state index contributed by atoms with van der Waals surface area (Å²) in [5.41, 5.74) is 0.952. The molecule has 0 radical (unpaired) electrons. The molecule has 1 rings (SSSR count). The van der Waals surface area contributed by atoms with Gasteiger partial charge in [-0.1, -0.05) is 29.8 Å². The number of quaternary nitrogens is 1. The quantitative estimate of drug-likeness (QED) is 0.855. The van der Waals surface area contributed by atoms with Crippen molar-refractivity contribution in [3.63, 3.8) is 0 Å². The minimum atomic E-state index is -0.716. The van der Waals surface area contributed by atoms with Crippen LogP contribution in [0.1, 0.15) is 25.5 Å². The Bertz CT molecular complexity index is 451. The third-order valence-electron chi connectivity index (χ3n) is 2.57. The predicted molar refractivity (Wildman–Crippen MR) is 71.8 cm³/mol. The van der Waals surface area contributed by atoms with Gasteiger partial charge in [0.25, 0.3) is 5.91 Å². The molecule has 0 saturated carbocycles. The third kappa shape index (κ3) is 5.28. The van der Waals surface area contributed by atoms with Crippen molar-refractivity contribution >= 4 is 23.6 Å². The summed E-state index contributed by atoms with van der Waals surface area (Å²) in [6.07, 6.45) is -0.716. The summed E-state index contributed by atoms with van der Waals surface area (Å²) in [5.74, 6) is -0.391. The second kappa shape index (κ2) is 7.76. The molecule has 0 aromatic heterocycles. The van der Waals surface area contributed by atoms with E-state index in [4.69, 9.17) is 11.6 Å². The number of alkyl carbamates (subject to hydrolysis) is 1. The van der Waals surface area contributed by atoms with Crippen LogP contribution in [0, 0.1) is 0 Å². The Morgan fingerprint density at radius 2 is 2.11 bits per heavy atom. The maximum atomic E-state index is 11.5. The van der Waals surface area contributed by atoms with Crippen LogP contribution in [0.25, 0.3) is 0 Å². The Balaban J connectivity index is 2.42. The average Bonchev–Trinajstić information content (AvgIpc) is 2.36. The molecule has 19 heavy (non-hydrogen) atoms. The van der Waals surface area contributed by atoms with E-state index in [9.17, 15) is 9.59 Å². The first-order valence-corrected chi connectivity index (χ1v) is 6.46. The van der Waals surface area contributed by atoms with Crippen LogP contribution in [0.15, 0.2) is 24.3 Å². The molecule has 104 valence electrons. The van der Waals surface area contributed by atoms with Crippen LogP contribution in [0.3, 0.4) is 0 Å². The van der Waals surface area contributed by atoms with E-state index in [1.54, 1.807) is 18.3 Å². The normalized spacial score (nSPS) is 11.7. The lowest BCUT2D eigenvalue weighted by molar-refractivity contribution is -0.682. The summed E-state index contributed by atoms with van der Waals surface area (Å²) < 4.78 is 4.62. The highest BCUT2D eigenvalue weighted by Gasteiger charge is 2.15. The number of carbonyl (C=O) groups is 2. The maximum Gasteiger partial charge on any atom is 0.414 e. The summed E-state index contributed by atoms with van der Waals surface area (Å²) in [4.78, 5) is 22.5. The molecule has 3 N–H and O–H groups in total. The molecule has 5 nitrogen and oxygen atoms in total. The maximum absolute atomic E-state index is 11.5. The first-order chi connectivity index (χ1) is 9.04. The minimum Gasteiger partial charge on any atom is -0.450 e. The van der Waals surface area contributed by atoms with Crippen LogP contribution in [0.2, 0.25) is 5.02 Å². The fourth-order valence-corrected chi connectivity index (χ4v) is 1.90. The zero-order valence-electron chi connectivity index (χ0n) is 11.0. The first kappa shape index (κ1) is 15.5. The fourth-order valence-electron chi connectivity index (χ4n) is 1.59. The third-order valence-corrected chi connectivity index (χ3v) is 2.91. The van der Waals surface area contributed by atoms with E-state index in [2.05, 4.69) is 10.1 Å². The van der Waals surface area contributed by atoms with Gasteiger partial charge in [0.1, 0.15) is 6.04 Å². The highest BCUT2D eigenvalue weighted by atomic mass is 35.5. The van der Waals surface area contributed by atoms with Gasteiger partial charge >= 0.3 is 6.09 Å². The molecule has 0 spiro atoms. The lowest BCUT2D eigenvalue weighted by Gasteiger charge is -2.12. The SMILES string of the molecule is CCOC(=O)NC(=O)C[NH2+][C@H](C)c1ccccc1Cl. The lowest BCUT2D eigenvalue weighted by Crippen LogP contribution is -2.87. The summed E-state index contributed by atoms with van der Waals surface area (Å²) >= 11 is 6.07. The number of imide groups is 1. The molecule has 1 atom stereocenters. The van der Waals surface area contributed by atoms with Crippen molar-refractivity contribution in [2.75, 3.05) is 13.2 Å². The van der Waals surface area contributed by atoms with E-state index in [1.807, 2.05) is 25.1 Å². The van der Waals surface area contributed by atoms with E-state index in [0.29, 0.717) is 5.02 Å². The Morgan fingerprint density at radius 1 is 1.42 bits per heavy atom. The van der Waals surface area contributed by atoms with Gasteiger partial charge in [-0.25, -0.2) is 4.79 Å². The molecule has 0 fully saturated rings. The van der Waals surface area contributed by atoms with Crippen molar-refractivity contribution in [3.8, 4) is 0 Å². The van der Waals surface area contributed by atoms with Gasteiger partial charge in [0.05, 0.1) is 6.61 Å². The molecular formula is C13H18ClN2O3+. The average molecular weight is 286 g/mol. The van der Waals surface area contributed by atoms with Crippen molar-refractivity contribution in [1.82, 2.24) is 5.32 Å². The van der Waals surface area contributed by atoms with E-state index < -0.39 is 12.0 Å². The van der Waals surface area contributed by atoms with Crippen LogP contribution in [0.5, 0.6) is 0 Å². The Labute approximate surface area is 117 Å². The molecule has 0 aliphatic carbocycles. The Kier molecular flexibility index (Phi) is 6.32. The summed E-state index contributed by atoms with van der Waals surface area (Å²) in [6.45, 7) is 3.98. The highest BCUT2D eigenvalue weighted by Crippen LogP contribution is 2.19. The molecule has 1 aromatic carbocycles. The highest BCUT2D eigenvalue weighted by molar-refractivity contribution is 6.31. The molecule has 6 heteroatoms. The van der Waals surface area contributed by atoms with Crippen LogP contribution < -0.4 is 10.6 Å². The topological polar surface area (TPSA) is 72.0 Å². The minimum absolute atomic E-state index is 0.0293. The standard InChI is InChI=1S/C13H17ClN2O3/c1-3-19-13(18)16-12(17)8-15-9(2)10-6-4-5-7-11(10)14/h4-7,9,15H,3,8H2,1-2H3,(H,16,17,18)/p+1/t9-/m1/s1. The first-order valence-electron chi connectivity index (χ1n) is 6.09. The van der Waals surface area contributed by atoms with Crippen LogP contribution in [-0.2, 0) is 9.53 Å². The molecule has 0 unspecified atom stereocenters. The number of ether oxygens (including phenoxy) is 1. The van der Waals surface area contributed by atoms with Crippen molar-refractivity contribution in [2.45, 2.75) is 19.9 Å². The van der Waals surface area contributed by atoms with Gasteiger partial charge in [0, 0.05) is 10.6 Å². The number of amides is 2. The molecule has 1 aromatic rings. The van der Waals surface area contributed by atoms with Gasteiger partial charge in [-0.2, -0.15) is 0 Å². The molecule has 2 amide bonds. The molecular weight excluding hydrogens is 268 g/mol. The van der Waals surface area contributed by atoms with Gasteiger partial charge < -0.3 is 10.1 Å². The predicted octanol–water partition coefficient (Wildman–Crippen LogP) is 1.24. The largest absolute Gasteiger partial charge is 0.450 e. The molecule has 0 bridgehead atoms. The van der Waals surface area contributed by atoms with Gasteiger partial charge in [0.15, 0.2) is 6.54 Å². The molecule has 0 saturated heterocycles. The van der Waals surface area contributed by atoms with E-state index in [1.165, 1.54) is 0 Å². The van der Waals surface area contributed by atoms with Gasteiger partial charge in [-0.15, -0.1) is 0 Å². The lowest BCUT2D eigenvalue weighted by atomic mass is 10.1. The number of halogens is 1. The van der Waals surface area contributed by atoms with E-state index >= 15 is 0 Å². The van der Waals surface area contributed by atoms with Gasteiger partial charge in [-0.3, -0.25) is 10.1 Å². The fraction of sp³-hybridized carbons (Fsp3) is 0.385. The van der Waals surface area contributed by atoms with Crippen LogP contribution in [0.4, 0.5) is 4.79 Å². The molecule has 0 aliphatic heterocycles. The van der Waals surface area contributed by atoms with E-state index in [-0.39, 0.29) is 19.2 Å².